The summed E-state index contributed by atoms with van der Waals surface area (Å²) in [6.45, 7) is 8.44. The third-order valence-corrected chi connectivity index (χ3v) is 6.17. The molecule has 3 aromatic rings. The molecule has 6 nitrogen and oxygen atoms in total. The molecule has 0 aliphatic carbocycles. The molecule has 0 fully saturated rings. The summed E-state index contributed by atoms with van der Waals surface area (Å²) in [5.74, 6) is 0.177. The van der Waals surface area contributed by atoms with Crippen molar-refractivity contribution in [2.24, 2.45) is 0 Å². The lowest BCUT2D eigenvalue weighted by molar-refractivity contribution is -0.125. The molecular formula is C25H26N2O4S. The van der Waals surface area contributed by atoms with Crippen molar-refractivity contribution in [3.05, 3.63) is 63.5 Å². The molecule has 0 radical (unpaired) electrons. The molecular weight excluding hydrogens is 424 g/mol. The van der Waals surface area contributed by atoms with E-state index in [2.05, 4.69) is 4.98 Å². The van der Waals surface area contributed by atoms with Crippen LogP contribution in [0.1, 0.15) is 46.1 Å². The summed E-state index contributed by atoms with van der Waals surface area (Å²) in [5, 5.41) is 1.000. The van der Waals surface area contributed by atoms with Crippen molar-refractivity contribution in [3.8, 4) is 17.0 Å². The van der Waals surface area contributed by atoms with Crippen molar-refractivity contribution in [1.29, 1.82) is 0 Å². The monoisotopic (exact) mass is 450 g/mol. The second-order valence-corrected chi connectivity index (χ2v) is 9.25. The fourth-order valence-electron chi connectivity index (χ4n) is 3.77. The maximum atomic E-state index is 13.1. The molecule has 0 saturated heterocycles. The van der Waals surface area contributed by atoms with E-state index in [1.54, 1.807) is 35.3 Å². The van der Waals surface area contributed by atoms with E-state index in [0.29, 0.717) is 30.2 Å². The van der Waals surface area contributed by atoms with E-state index >= 15 is 0 Å². The van der Waals surface area contributed by atoms with E-state index in [1.165, 1.54) is 0 Å². The van der Waals surface area contributed by atoms with Gasteiger partial charge in [0.2, 0.25) is 0 Å². The fourth-order valence-corrected chi connectivity index (χ4v) is 4.61. The van der Waals surface area contributed by atoms with Crippen LogP contribution in [0.15, 0.2) is 42.5 Å². The molecule has 1 atom stereocenters. The number of rotatable bonds is 6. The van der Waals surface area contributed by atoms with Gasteiger partial charge in [-0.25, -0.2) is 9.78 Å². The first-order valence-corrected chi connectivity index (χ1v) is 11.5. The molecule has 7 heteroatoms. The van der Waals surface area contributed by atoms with Gasteiger partial charge < -0.3 is 14.4 Å². The number of aryl methyl sites for hydroxylation is 2. The standard InChI is InChI=1S/C25H26N2O4S/c1-5-11-30-25(29)20-8-6-7-18(12-20)14-27-21-13-19(23-16(3)32-17(4)26-23)9-10-22(21)31-15(2)24(27)28/h6-10,12-13,15H,5,11,14H2,1-4H3. The molecule has 166 valence electrons. The first-order chi connectivity index (χ1) is 15.4. The average Bonchev–Trinajstić information content (AvgIpc) is 3.13. The molecule has 0 bridgehead atoms. The summed E-state index contributed by atoms with van der Waals surface area (Å²) in [5.41, 5.74) is 3.89. The van der Waals surface area contributed by atoms with Crippen LogP contribution in [0.5, 0.6) is 5.75 Å². The molecule has 2 heterocycles. The van der Waals surface area contributed by atoms with E-state index in [-0.39, 0.29) is 11.9 Å². The van der Waals surface area contributed by atoms with Crippen LogP contribution in [-0.2, 0) is 16.1 Å². The van der Waals surface area contributed by atoms with Crippen LogP contribution in [0, 0.1) is 13.8 Å². The van der Waals surface area contributed by atoms with Gasteiger partial charge in [0.1, 0.15) is 5.75 Å². The van der Waals surface area contributed by atoms with Gasteiger partial charge in [-0.3, -0.25) is 4.79 Å². The maximum Gasteiger partial charge on any atom is 0.338 e. The number of anilines is 1. The molecule has 0 N–H and O–H groups in total. The number of benzene rings is 2. The van der Waals surface area contributed by atoms with Gasteiger partial charge in [-0.2, -0.15) is 0 Å². The highest BCUT2D eigenvalue weighted by Gasteiger charge is 2.32. The number of ether oxygens (including phenoxy) is 2. The zero-order chi connectivity index (χ0) is 22.8. The molecule has 1 aromatic heterocycles. The minimum Gasteiger partial charge on any atom is -0.479 e. The highest BCUT2D eigenvalue weighted by Crippen LogP contribution is 2.39. The van der Waals surface area contributed by atoms with Gasteiger partial charge in [0.15, 0.2) is 6.10 Å². The number of esters is 1. The molecule has 32 heavy (non-hydrogen) atoms. The number of carbonyl (C=O) groups excluding carboxylic acids is 2. The minimum atomic E-state index is -0.589. The lowest BCUT2D eigenvalue weighted by atomic mass is 10.1. The third-order valence-electron chi connectivity index (χ3n) is 5.28. The SMILES string of the molecule is CCCOC(=O)c1cccc(CN2C(=O)C(C)Oc3ccc(-c4nc(C)sc4C)cc32)c1. The highest BCUT2D eigenvalue weighted by atomic mass is 32.1. The predicted octanol–water partition coefficient (Wildman–Crippen LogP) is 5.31. The first-order valence-electron chi connectivity index (χ1n) is 10.7. The van der Waals surface area contributed by atoms with Crippen molar-refractivity contribution in [2.75, 3.05) is 11.5 Å². The number of nitrogens with zero attached hydrogens (tertiary/aromatic N) is 2. The molecule has 4 rings (SSSR count). The Morgan fingerprint density at radius 2 is 2.03 bits per heavy atom. The molecule has 0 spiro atoms. The van der Waals surface area contributed by atoms with Crippen LogP contribution in [0.25, 0.3) is 11.3 Å². The summed E-state index contributed by atoms with van der Waals surface area (Å²) in [7, 11) is 0. The van der Waals surface area contributed by atoms with Crippen LogP contribution >= 0.6 is 11.3 Å². The smallest absolute Gasteiger partial charge is 0.338 e. The van der Waals surface area contributed by atoms with Crippen LogP contribution < -0.4 is 9.64 Å². The van der Waals surface area contributed by atoms with Gasteiger partial charge in [0, 0.05) is 10.4 Å². The Kier molecular flexibility index (Phi) is 6.28. The number of amides is 1. The summed E-state index contributed by atoms with van der Waals surface area (Å²) in [6, 6.07) is 13.1. The van der Waals surface area contributed by atoms with E-state index in [1.807, 2.05) is 51.1 Å². The number of thiazole rings is 1. The summed E-state index contributed by atoms with van der Waals surface area (Å²) < 4.78 is 11.1. The van der Waals surface area contributed by atoms with E-state index in [4.69, 9.17) is 9.47 Å². The second-order valence-electron chi connectivity index (χ2n) is 7.84. The van der Waals surface area contributed by atoms with Crippen molar-refractivity contribution in [3.63, 3.8) is 0 Å². The van der Waals surface area contributed by atoms with Gasteiger partial charge in [0.05, 0.1) is 35.1 Å². The quantitative estimate of drug-likeness (QED) is 0.476. The number of hydrogen-bond donors (Lipinski definition) is 0. The molecule has 2 aromatic carbocycles. The Balaban J connectivity index is 1.68. The third kappa shape index (κ3) is 4.39. The van der Waals surface area contributed by atoms with E-state index in [9.17, 15) is 9.59 Å². The number of carbonyl (C=O) groups is 2. The van der Waals surface area contributed by atoms with E-state index < -0.39 is 6.10 Å². The molecule has 1 unspecified atom stereocenters. The maximum absolute atomic E-state index is 13.1. The summed E-state index contributed by atoms with van der Waals surface area (Å²) in [6.07, 6.45) is 0.178. The van der Waals surface area contributed by atoms with Crippen molar-refractivity contribution in [2.45, 2.75) is 46.8 Å². The number of aromatic nitrogens is 1. The Bertz CT molecular complexity index is 1170. The Labute approximate surface area is 191 Å². The Morgan fingerprint density at radius 1 is 1.22 bits per heavy atom. The first kappa shape index (κ1) is 22.0. The van der Waals surface area contributed by atoms with Crippen LogP contribution in [-0.4, -0.2) is 29.6 Å². The van der Waals surface area contributed by atoms with Gasteiger partial charge in [-0.1, -0.05) is 19.1 Å². The van der Waals surface area contributed by atoms with Crippen molar-refractivity contribution < 1.29 is 19.1 Å². The van der Waals surface area contributed by atoms with Gasteiger partial charge in [-0.15, -0.1) is 11.3 Å². The van der Waals surface area contributed by atoms with Crippen LogP contribution in [0.4, 0.5) is 5.69 Å². The number of fused-ring (bicyclic) bond motifs is 1. The second kappa shape index (κ2) is 9.12. The summed E-state index contributed by atoms with van der Waals surface area (Å²) in [4.78, 5) is 32.8. The topological polar surface area (TPSA) is 68.7 Å². The van der Waals surface area contributed by atoms with Gasteiger partial charge in [0.25, 0.3) is 5.91 Å². The van der Waals surface area contributed by atoms with Gasteiger partial charge >= 0.3 is 5.97 Å². The lowest BCUT2D eigenvalue weighted by Gasteiger charge is -2.33. The predicted molar refractivity (Wildman–Crippen MR) is 125 cm³/mol. The molecule has 1 amide bonds. The van der Waals surface area contributed by atoms with Gasteiger partial charge in [-0.05, 0) is 63.1 Å². The van der Waals surface area contributed by atoms with Crippen LogP contribution in [0.3, 0.4) is 0 Å². The molecule has 0 saturated carbocycles. The lowest BCUT2D eigenvalue weighted by Crippen LogP contribution is -2.44. The zero-order valence-electron chi connectivity index (χ0n) is 18.7. The fraction of sp³-hybridized carbons (Fsp3) is 0.320. The van der Waals surface area contributed by atoms with Crippen LogP contribution in [0.2, 0.25) is 0 Å². The Hall–Kier alpha value is -3.19. The largest absolute Gasteiger partial charge is 0.479 e. The minimum absolute atomic E-state index is 0.125. The van der Waals surface area contributed by atoms with E-state index in [0.717, 1.165) is 33.1 Å². The number of hydrogen-bond acceptors (Lipinski definition) is 6. The Morgan fingerprint density at radius 3 is 2.75 bits per heavy atom. The molecule has 1 aliphatic heterocycles. The zero-order valence-corrected chi connectivity index (χ0v) is 19.5. The van der Waals surface area contributed by atoms with Crippen molar-refractivity contribution >= 4 is 28.9 Å². The average molecular weight is 451 g/mol. The highest BCUT2D eigenvalue weighted by molar-refractivity contribution is 7.11. The normalized spacial score (nSPS) is 15.3. The molecule has 1 aliphatic rings. The van der Waals surface area contributed by atoms with Crippen molar-refractivity contribution in [1.82, 2.24) is 4.98 Å². The summed E-state index contributed by atoms with van der Waals surface area (Å²) >= 11 is 1.65.